The maximum Gasteiger partial charge on any atom is 0.309 e. The van der Waals surface area contributed by atoms with Crippen LogP contribution in [0.15, 0.2) is 6.07 Å². The molecule has 2 aliphatic rings. The summed E-state index contributed by atoms with van der Waals surface area (Å²) in [5, 5.41) is 0. The Morgan fingerprint density at radius 3 is 2.48 bits per heavy atom. The molecular weight excluding hydrogens is 342 g/mol. The fourth-order valence-electron chi connectivity index (χ4n) is 4.09. The highest BCUT2D eigenvalue weighted by Gasteiger charge is 2.32. The number of carbonyl (C=O) groups is 2. The summed E-state index contributed by atoms with van der Waals surface area (Å²) >= 11 is 0. The number of ether oxygens (including phenoxy) is 1. The average Bonchev–Trinajstić information content (AvgIpc) is 3.25. The maximum atomic E-state index is 12.5. The molecule has 0 spiro atoms. The first-order valence-corrected chi connectivity index (χ1v) is 10.7. The number of sulfone groups is 1. The highest BCUT2D eigenvalue weighted by molar-refractivity contribution is 7.91. The second-order valence-corrected chi connectivity index (χ2v) is 9.45. The molecule has 0 bridgehead atoms. The van der Waals surface area contributed by atoms with E-state index >= 15 is 0 Å². The van der Waals surface area contributed by atoms with Gasteiger partial charge in [0.1, 0.15) is 0 Å². The molecule has 0 unspecified atom stereocenters. The zero-order valence-corrected chi connectivity index (χ0v) is 15.6. The number of aryl methyl sites for hydroxylation is 1. The van der Waals surface area contributed by atoms with Crippen molar-refractivity contribution in [1.82, 2.24) is 4.57 Å². The quantitative estimate of drug-likeness (QED) is 0.589. The Morgan fingerprint density at radius 2 is 1.88 bits per heavy atom. The van der Waals surface area contributed by atoms with Crippen LogP contribution < -0.4 is 0 Å². The van der Waals surface area contributed by atoms with E-state index in [-0.39, 0.29) is 41.8 Å². The van der Waals surface area contributed by atoms with Gasteiger partial charge in [0.25, 0.3) is 0 Å². The number of aromatic nitrogens is 1. The van der Waals surface area contributed by atoms with E-state index in [9.17, 15) is 18.0 Å². The van der Waals surface area contributed by atoms with Gasteiger partial charge in [-0.05, 0) is 39.2 Å². The van der Waals surface area contributed by atoms with Gasteiger partial charge in [0.05, 0.1) is 17.4 Å². The minimum atomic E-state index is -2.99. The molecule has 1 atom stereocenters. The van der Waals surface area contributed by atoms with Gasteiger partial charge < -0.3 is 9.30 Å². The summed E-state index contributed by atoms with van der Waals surface area (Å²) in [5.74, 6) is -0.262. The molecule has 3 rings (SSSR count). The molecule has 0 amide bonds. The molecule has 0 N–H and O–H groups in total. The van der Waals surface area contributed by atoms with Crippen molar-refractivity contribution in [3.05, 3.63) is 23.0 Å². The molecule has 1 saturated carbocycles. The van der Waals surface area contributed by atoms with E-state index in [4.69, 9.17) is 4.74 Å². The van der Waals surface area contributed by atoms with E-state index in [2.05, 4.69) is 0 Å². The fourth-order valence-corrected chi connectivity index (χ4v) is 5.79. The average molecular weight is 367 g/mol. The van der Waals surface area contributed by atoms with E-state index in [0.717, 1.165) is 37.1 Å². The fraction of sp³-hybridized carbons (Fsp3) is 0.667. The predicted molar refractivity (Wildman–Crippen MR) is 93.5 cm³/mol. The van der Waals surface area contributed by atoms with Gasteiger partial charge in [-0.15, -0.1) is 0 Å². The highest BCUT2D eigenvalue weighted by Crippen LogP contribution is 2.29. The van der Waals surface area contributed by atoms with E-state index in [1.165, 1.54) is 0 Å². The van der Waals surface area contributed by atoms with Gasteiger partial charge >= 0.3 is 5.97 Å². The summed E-state index contributed by atoms with van der Waals surface area (Å²) < 4.78 is 30.6. The second-order valence-electron chi connectivity index (χ2n) is 7.22. The summed E-state index contributed by atoms with van der Waals surface area (Å²) in [6.07, 6.45) is 4.34. The van der Waals surface area contributed by atoms with Gasteiger partial charge in [-0.25, -0.2) is 8.42 Å². The Balaban J connectivity index is 1.69. The van der Waals surface area contributed by atoms with Crippen molar-refractivity contribution in [3.8, 4) is 0 Å². The standard InChI is InChI=1S/C18H25NO5S/c1-12-9-16(13(2)19(12)15-7-8-25(22,23)11-15)17(20)10-24-18(21)14-5-3-4-6-14/h9,14-15H,3-8,10-11H2,1-2H3/t15-/m0/s1. The number of Topliss-reactive ketones (excluding diaryl/α,β-unsaturated/α-hetero) is 1. The number of hydrogen-bond donors (Lipinski definition) is 0. The minimum absolute atomic E-state index is 0.0658. The zero-order valence-electron chi connectivity index (χ0n) is 14.8. The van der Waals surface area contributed by atoms with Gasteiger partial charge in [0, 0.05) is 23.0 Å². The summed E-state index contributed by atoms with van der Waals surface area (Å²) in [6.45, 7) is 3.45. The number of nitrogens with zero attached hydrogens (tertiary/aromatic N) is 1. The van der Waals surface area contributed by atoms with Crippen LogP contribution in [-0.4, -0.2) is 42.9 Å². The lowest BCUT2D eigenvalue weighted by Crippen LogP contribution is -2.20. The first-order valence-electron chi connectivity index (χ1n) is 8.87. The van der Waals surface area contributed by atoms with Crippen LogP contribution in [-0.2, 0) is 19.4 Å². The van der Waals surface area contributed by atoms with Crippen LogP contribution in [0, 0.1) is 19.8 Å². The lowest BCUT2D eigenvalue weighted by molar-refractivity contribution is -0.147. The molecule has 1 aliphatic heterocycles. The summed E-state index contributed by atoms with van der Waals surface area (Å²) in [5.41, 5.74) is 2.13. The molecule has 2 heterocycles. The topological polar surface area (TPSA) is 82.4 Å². The molecule has 2 fully saturated rings. The summed E-state index contributed by atoms with van der Waals surface area (Å²) in [7, 11) is -2.99. The third-order valence-corrected chi connectivity index (χ3v) is 7.14. The van der Waals surface area contributed by atoms with Crippen LogP contribution in [0.1, 0.15) is 59.9 Å². The monoisotopic (exact) mass is 367 g/mol. The maximum absolute atomic E-state index is 12.5. The Bertz CT molecular complexity index is 787. The summed E-state index contributed by atoms with van der Waals surface area (Å²) in [4.78, 5) is 24.5. The first kappa shape index (κ1) is 18.2. The van der Waals surface area contributed by atoms with Crippen LogP contribution in [0.2, 0.25) is 0 Å². The number of rotatable bonds is 5. The van der Waals surface area contributed by atoms with Crippen LogP contribution in [0.3, 0.4) is 0 Å². The number of hydrogen-bond acceptors (Lipinski definition) is 5. The molecule has 0 radical (unpaired) electrons. The molecule has 1 saturated heterocycles. The van der Waals surface area contributed by atoms with Gasteiger partial charge in [0.2, 0.25) is 5.78 Å². The van der Waals surface area contributed by atoms with Crippen molar-refractivity contribution < 1.29 is 22.7 Å². The Kier molecular flexibility index (Phi) is 5.04. The van der Waals surface area contributed by atoms with Crippen LogP contribution in [0.5, 0.6) is 0 Å². The molecule has 0 aromatic carbocycles. The smallest absolute Gasteiger partial charge is 0.309 e. The number of ketones is 1. The predicted octanol–water partition coefficient (Wildman–Crippen LogP) is 2.38. The van der Waals surface area contributed by atoms with Crippen LogP contribution >= 0.6 is 0 Å². The second kappa shape index (κ2) is 6.94. The van der Waals surface area contributed by atoms with E-state index < -0.39 is 9.84 Å². The van der Waals surface area contributed by atoms with Gasteiger partial charge in [0.15, 0.2) is 16.4 Å². The molecular formula is C18H25NO5S. The molecule has 1 aliphatic carbocycles. The highest BCUT2D eigenvalue weighted by atomic mass is 32.2. The number of carbonyl (C=O) groups excluding carboxylic acids is 2. The largest absolute Gasteiger partial charge is 0.457 e. The number of esters is 1. The third-order valence-electron chi connectivity index (χ3n) is 5.39. The van der Waals surface area contributed by atoms with E-state index in [1.54, 1.807) is 6.07 Å². The molecule has 138 valence electrons. The van der Waals surface area contributed by atoms with Gasteiger partial charge in [-0.2, -0.15) is 0 Å². The SMILES string of the molecule is Cc1cc(C(=O)COC(=O)C2CCCC2)c(C)n1[C@H]1CCS(=O)(=O)C1. The van der Waals surface area contributed by atoms with Crippen molar-refractivity contribution in [2.75, 3.05) is 18.1 Å². The normalized spacial score (nSPS) is 23.0. The van der Waals surface area contributed by atoms with Crippen LogP contribution in [0.25, 0.3) is 0 Å². The molecule has 1 aromatic heterocycles. The first-order chi connectivity index (χ1) is 11.8. The van der Waals surface area contributed by atoms with Crippen molar-refractivity contribution >= 4 is 21.6 Å². The molecule has 1 aromatic rings. The van der Waals surface area contributed by atoms with Crippen molar-refractivity contribution in [3.63, 3.8) is 0 Å². The van der Waals surface area contributed by atoms with E-state index in [1.807, 2.05) is 18.4 Å². The molecule has 6 nitrogen and oxygen atoms in total. The van der Waals surface area contributed by atoms with Crippen molar-refractivity contribution in [2.45, 2.75) is 52.0 Å². The lowest BCUT2D eigenvalue weighted by atomic mass is 10.1. The lowest BCUT2D eigenvalue weighted by Gasteiger charge is -2.16. The Morgan fingerprint density at radius 1 is 1.20 bits per heavy atom. The van der Waals surface area contributed by atoms with Crippen molar-refractivity contribution in [2.24, 2.45) is 5.92 Å². The molecule has 7 heteroatoms. The van der Waals surface area contributed by atoms with Gasteiger partial charge in [-0.1, -0.05) is 12.8 Å². The van der Waals surface area contributed by atoms with Gasteiger partial charge in [-0.3, -0.25) is 9.59 Å². The summed E-state index contributed by atoms with van der Waals surface area (Å²) in [6, 6.07) is 1.65. The van der Waals surface area contributed by atoms with Crippen LogP contribution in [0.4, 0.5) is 0 Å². The minimum Gasteiger partial charge on any atom is -0.457 e. The van der Waals surface area contributed by atoms with E-state index in [0.29, 0.717) is 12.0 Å². The molecule has 25 heavy (non-hydrogen) atoms. The zero-order chi connectivity index (χ0) is 18.2. The van der Waals surface area contributed by atoms with Crippen molar-refractivity contribution in [1.29, 1.82) is 0 Å². The Labute approximate surface area is 148 Å². The Hall–Kier alpha value is -1.63. The third kappa shape index (κ3) is 3.81.